The van der Waals surface area contributed by atoms with E-state index in [0.717, 1.165) is 6.42 Å². The van der Waals surface area contributed by atoms with Gasteiger partial charge in [-0.2, -0.15) is 0 Å². The number of hydrogen-bond acceptors (Lipinski definition) is 5. The van der Waals surface area contributed by atoms with E-state index in [2.05, 4.69) is 15.4 Å². The summed E-state index contributed by atoms with van der Waals surface area (Å²) in [6, 6.07) is 0. The van der Waals surface area contributed by atoms with Crippen molar-refractivity contribution in [1.82, 2.24) is 10.6 Å². The van der Waals surface area contributed by atoms with E-state index in [9.17, 15) is 14.4 Å². The fourth-order valence-electron chi connectivity index (χ4n) is 1.19. The molecule has 0 spiro atoms. The van der Waals surface area contributed by atoms with E-state index in [4.69, 9.17) is 4.74 Å². The smallest absolute Gasteiger partial charge is 0.407 e. The Kier molecular flexibility index (Phi) is 13.2. The molecule has 7 nitrogen and oxygen atoms in total. The normalized spacial score (nSPS) is 9.91. The number of esters is 1. The standard InChI is InChI=1S/C10H19NO4.C5H11NO/c1-10(2,3)15-9(13)11-7-5-6-8(12)14-4;1-3-4-5(7)6-2/h5-7H2,1-4H3,(H,11,13);3-4H2,1-2H3,(H,6,7). The van der Waals surface area contributed by atoms with Crippen LogP contribution >= 0.6 is 0 Å². The Morgan fingerprint density at radius 3 is 2.05 bits per heavy atom. The number of nitrogens with one attached hydrogen (secondary N) is 2. The van der Waals surface area contributed by atoms with Crippen molar-refractivity contribution in [2.45, 2.75) is 59.0 Å². The molecule has 0 aliphatic heterocycles. The summed E-state index contributed by atoms with van der Waals surface area (Å²) in [4.78, 5) is 32.1. The molecule has 0 saturated carbocycles. The fraction of sp³-hybridized carbons (Fsp3) is 0.800. The Balaban J connectivity index is 0. The highest BCUT2D eigenvalue weighted by atomic mass is 16.6. The molecular weight excluding hydrogens is 288 g/mol. The van der Waals surface area contributed by atoms with E-state index in [1.165, 1.54) is 7.11 Å². The van der Waals surface area contributed by atoms with Crippen LogP contribution < -0.4 is 10.6 Å². The summed E-state index contributed by atoms with van der Waals surface area (Å²) in [5, 5.41) is 5.08. The topological polar surface area (TPSA) is 93.7 Å². The molecule has 7 heteroatoms. The monoisotopic (exact) mass is 318 g/mol. The summed E-state index contributed by atoms with van der Waals surface area (Å²) in [6.45, 7) is 7.77. The molecule has 0 aliphatic rings. The highest BCUT2D eigenvalue weighted by Gasteiger charge is 2.15. The van der Waals surface area contributed by atoms with Gasteiger partial charge in [-0.25, -0.2) is 4.79 Å². The van der Waals surface area contributed by atoms with Crippen LogP contribution in [-0.2, 0) is 19.1 Å². The van der Waals surface area contributed by atoms with Crippen molar-refractivity contribution in [2.75, 3.05) is 20.7 Å². The molecule has 0 radical (unpaired) electrons. The van der Waals surface area contributed by atoms with Gasteiger partial charge in [0.1, 0.15) is 5.60 Å². The minimum atomic E-state index is -0.494. The van der Waals surface area contributed by atoms with E-state index in [-0.39, 0.29) is 11.9 Å². The highest BCUT2D eigenvalue weighted by molar-refractivity contribution is 5.75. The lowest BCUT2D eigenvalue weighted by Crippen LogP contribution is -2.33. The third-order valence-corrected chi connectivity index (χ3v) is 2.21. The molecule has 0 bridgehead atoms. The lowest BCUT2D eigenvalue weighted by molar-refractivity contribution is -0.140. The number of hydrogen-bond donors (Lipinski definition) is 2. The number of methoxy groups -OCH3 is 1. The van der Waals surface area contributed by atoms with E-state index in [1.807, 2.05) is 6.92 Å². The second kappa shape index (κ2) is 12.9. The first-order valence-corrected chi connectivity index (χ1v) is 7.40. The van der Waals surface area contributed by atoms with Crippen LogP contribution in [0.5, 0.6) is 0 Å². The van der Waals surface area contributed by atoms with E-state index in [0.29, 0.717) is 25.8 Å². The van der Waals surface area contributed by atoms with Gasteiger partial charge in [-0.15, -0.1) is 0 Å². The molecule has 2 N–H and O–H groups in total. The molecule has 0 aromatic heterocycles. The zero-order chi connectivity index (χ0) is 17.6. The van der Waals surface area contributed by atoms with Crippen molar-refractivity contribution in [1.29, 1.82) is 0 Å². The zero-order valence-electron chi connectivity index (χ0n) is 14.6. The maximum atomic E-state index is 11.1. The van der Waals surface area contributed by atoms with Gasteiger partial charge in [0.25, 0.3) is 0 Å². The number of amides is 2. The Morgan fingerprint density at radius 2 is 1.68 bits per heavy atom. The first-order valence-electron chi connectivity index (χ1n) is 7.40. The maximum absolute atomic E-state index is 11.1. The summed E-state index contributed by atoms with van der Waals surface area (Å²) in [5.41, 5.74) is -0.494. The zero-order valence-corrected chi connectivity index (χ0v) is 14.6. The third-order valence-electron chi connectivity index (χ3n) is 2.21. The van der Waals surface area contributed by atoms with Crippen LogP contribution in [-0.4, -0.2) is 44.3 Å². The van der Waals surface area contributed by atoms with Crippen LogP contribution in [0.25, 0.3) is 0 Å². The Labute approximate surface area is 133 Å². The van der Waals surface area contributed by atoms with Crippen LogP contribution in [0.2, 0.25) is 0 Å². The predicted octanol–water partition coefficient (Wildman–Crippen LogP) is 2.00. The molecule has 0 aromatic carbocycles. The van der Waals surface area contributed by atoms with Gasteiger partial charge in [-0.1, -0.05) is 6.92 Å². The lowest BCUT2D eigenvalue weighted by atomic mass is 10.2. The van der Waals surface area contributed by atoms with Gasteiger partial charge in [0, 0.05) is 26.4 Å². The molecule has 0 heterocycles. The summed E-state index contributed by atoms with van der Waals surface area (Å²) < 4.78 is 9.46. The number of carbonyl (C=O) groups excluding carboxylic acids is 3. The quantitative estimate of drug-likeness (QED) is 0.577. The molecule has 0 atom stereocenters. The summed E-state index contributed by atoms with van der Waals surface area (Å²) in [6.07, 6.45) is 1.96. The van der Waals surface area contributed by atoms with E-state index in [1.54, 1.807) is 27.8 Å². The van der Waals surface area contributed by atoms with Gasteiger partial charge < -0.3 is 20.1 Å². The lowest BCUT2D eigenvalue weighted by Gasteiger charge is -2.19. The maximum Gasteiger partial charge on any atom is 0.407 e. The molecule has 0 saturated heterocycles. The average molecular weight is 318 g/mol. The molecule has 0 fully saturated rings. The number of ether oxygens (including phenoxy) is 2. The molecular formula is C15H30N2O5. The molecule has 2 amide bonds. The largest absolute Gasteiger partial charge is 0.469 e. The van der Waals surface area contributed by atoms with Gasteiger partial charge in [-0.05, 0) is 33.6 Å². The minimum absolute atomic E-state index is 0.127. The fourth-order valence-corrected chi connectivity index (χ4v) is 1.19. The summed E-state index contributed by atoms with van der Waals surface area (Å²) in [7, 11) is 2.99. The Bertz CT molecular complexity index is 337. The molecule has 0 unspecified atom stereocenters. The minimum Gasteiger partial charge on any atom is -0.469 e. The number of rotatable bonds is 6. The Hall–Kier alpha value is -1.79. The van der Waals surface area contributed by atoms with Gasteiger partial charge >= 0.3 is 12.1 Å². The molecule has 0 aliphatic carbocycles. The van der Waals surface area contributed by atoms with Crippen LogP contribution in [0.1, 0.15) is 53.4 Å². The van der Waals surface area contributed by atoms with Crippen molar-refractivity contribution in [3.63, 3.8) is 0 Å². The van der Waals surface area contributed by atoms with E-state index >= 15 is 0 Å². The van der Waals surface area contributed by atoms with E-state index < -0.39 is 11.7 Å². The molecule has 22 heavy (non-hydrogen) atoms. The predicted molar refractivity (Wildman–Crippen MR) is 84.5 cm³/mol. The molecule has 0 aromatic rings. The first-order chi connectivity index (χ1) is 10.2. The van der Waals surface area contributed by atoms with Gasteiger partial charge in [0.05, 0.1) is 7.11 Å². The van der Waals surface area contributed by atoms with Crippen LogP contribution in [0.15, 0.2) is 0 Å². The van der Waals surface area contributed by atoms with Crippen molar-refractivity contribution in [3.05, 3.63) is 0 Å². The number of alkyl carbamates (subject to hydrolysis) is 1. The van der Waals surface area contributed by atoms with Gasteiger partial charge in [-0.3, -0.25) is 9.59 Å². The molecule has 130 valence electrons. The highest BCUT2D eigenvalue weighted by Crippen LogP contribution is 2.06. The second-order valence-electron chi connectivity index (χ2n) is 5.53. The van der Waals surface area contributed by atoms with Crippen molar-refractivity contribution in [3.8, 4) is 0 Å². The Morgan fingerprint density at radius 1 is 1.09 bits per heavy atom. The van der Waals surface area contributed by atoms with Crippen LogP contribution in [0.3, 0.4) is 0 Å². The number of carbonyl (C=O) groups is 3. The molecule has 0 rings (SSSR count). The van der Waals surface area contributed by atoms with Crippen molar-refractivity contribution >= 4 is 18.0 Å². The van der Waals surface area contributed by atoms with Crippen molar-refractivity contribution < 1.29 is 23.9 Å². The summed E-state index contributed by atoms with van der Waals surface area (Å²) >= 11 is 0. The second-order valence-corrected chi connectivity index (χ2v) is 5.53. The van der Waals surface area contributed by atoms with Crippen LogP contribution in [0, 0.1) is 0 Å². The van der Waals surface area contributed by atoms with Crippen molar-refractivity contribution in [2.24, 2.45) is 0 Å². The van der Waals surface area contributed by atoms with Crippen LogP contribution in [0.4, 0.5) is 4.79 Å². The first kappa shape index (κ1) is 22.5. The van der Waals surface area contributed by atoms with Gasteiger partial charge in [0.2, 0.25) is 5.91 Å². The SMILES string of the molecule is CCCC(=O)NC.COC(=O)CCCNC(=O)OC(C)(C)C. The average Bonchev–Trinajstić information content (AvgIpc) is 2.42. The summed E-state index contributed by atoms with van der Waals surface area (Å²) in [5.74, 6) is -0.150. The van der Waals surface area contributed by atoms with Gasteiger partial charge in [0.15, 0.2) is 0 Å². The third kappa shape index (κ3) is 18.2.